The predicted molar refractivity (Wildman–Crippen MR) is 160 cm³/mol. The Bertz CT molecular complexity index is 1030. The predicted octanol–water partition coefficient (Wildman–Crippen LogP) is 1.14. The lowest BCUT2D eigenvalue weighted by molar-refractivity contribution is -0.147. The van der Waals surface area contributed by atoms with E-state index < -0.39 is 85.0 Å². The number of rotatable bonds is 25. The van der Waals surface area contributed by atoms with Gasteiger partial charge in [0.2, 0.25) is 17.7 Å². The summed E-state index contributed by atoms with van der Waals surface area (Å²) in [6, 6.07) is -2.57. The molecule has 0 aliphatic heterocycles. The number of unbranched alkanes of at least 4 members (excludes halogenated alkanes) is 8. The molecule has 0 aromatic rings. The Morgan fingerprint density at radius 2 is 1.27 bits per heavy atom. The van der Waals surface area contributed by atoms with E-state index in [2.05, 4.69) is 17.6 Å². The zero-order chi connectivity index (χ0) is 33.7. The first-order valence-corrected chi connectivity index (χ1v) is 15.0. The molecule has 0 rings (SSSR count). The molecule has 0 radical (unpaired) electrons. The van der Waals surface area contributed by atoms with Gasteiger partial charge in [-0.25, -0.2) is 9.59 Å². The Morgan fingerprint density at radius 3 is 1.77 bits per heavy atom. The van der Waals surface area contributed by atoms with Crippen LogP contribution in [0.3, 0.4) is 0 Å². The first-order chi connectivity index (χ1) is 20.7. The van der Waals surface area contributed by atoms with Crippen LogP contribution in [0.15, 0.2) is 11.4 Å². The van der Waals surface area contributed by atoms with Crippen LogP contribution in [-0.4, -0.2) is 75.4 Å². The molecular formula is C29H49N5O10. The number of carboxylic acids is 3. The number of carbonyl (C=O) groups excluding carboxylic acids is 4. The molecular weight excluding hydrogens is 578 g/mol. The fourth-order valence-electron chi connectivity index (χ4n) is 4.30. The molecule has 0 aliphatic carbocycles. The molecule has 0 spiro atoms. The van der Waals surface area contributed by atoms with Gasteiger partial charge in [0.15, 0.2) is 0 Å². The molecule has 0 fully saturated rings. The number of hydrogen-bond donors (Lipinski definition) is 8. The zero-order valence-electron chi connectivity index (χ0n) is 25.7. The summed E-state index contributed by atoms with van der Waals surface area (Å²) in [6.45, 7) is 3.04. The summed E-state index contributed by atoms with van der Waals surface area (Å²) in [7, 11) is 0. The van der Waals surface area contributed by atoms with E-state index in [0.717, 1.165) is 19.3 Å². The van der Waals surface area contributed by atoms with Gasteiger partial charge < -0.3 is 42.7 Å². The Hall–Kier alpha value is -4.01. The lowest BCUT2D eigenvalue weighted by Gasteiger charge is -2.19. The van der Waals surface area contributed by atoms with Crippen LogP contribution in [0.4, 0.5) is 0 Å². The minimum Gasteiger partial charge on any atom is -0.481 e. The second kappa shape index (κ2) is 22.5. The highest BCUT2D eigenvalue weighted by molar-refractivity contribution is 5.98. The number of nitrogens with two attached hydrogens (primary N) is 2. The van der Waals surface area contributed by atoms with E-state index >= 15 is 0 Å². The lowest BCUT2D eigenvalue weighted by Crippen LogP contribution is -2.50. The van der Waals surface area contributed by atoms with Crippen molar-refractivity contribution in [3.63, 3.8) is 0 Å². The number of carboxylic acid groups (broad SMARTS) is 3. The molecule has 0 saturated heterocycles. The smallest absolute Gasteiger partial charge is 0.354 e. The van der Waals surface area contributed by atoms with E-state index in [9.17, 15) is 48.9 Å². The monoisotopic (exact) mass is 627 g/mol. The number of aliphatic carboxylic acids is 3. The minimum absolute atomic E-state index is 0.230. The molecule has 0 aromatic carbocycles. The van der Waals surface area contributed by atoms with Crippen LogP contribution >= 0.6 is 0 Å². The highest BCUT2D eigenvalue weighted by atomic mass is 16.4. The van der Waals surface area contributed by atoms with Gasteiger partial charge in [-0.1, -0.05) is 58.3 Å². The van der Waals surface area contributed by atoms with Crippen molar-refractivity contribution in [2.45, 2.75) is 116 Å². The summed E-state index contributed by atoms with van der Waals surface area (Å²) >= 11 is 0. The number of Topliss-reactive ketones (excluding diaryl/α,β-unsaturated/α-hetero) is 1. The number of amides is 3. The number of ketones is 1. The van der Waals surface area contributed by atoms with Crippen molar-refractivity contribution < 1.29 is 48.9 Å². The second-order valence-electron chi connectivity index (χ2n) is 10.7. The molecule has 0 aliphatic rings. The maximum atomic E-state index is 12.6. The highest BCUT2D eigenvalue weighted by Gasteiger charge is 2.30. The molecule has 250 valence electrons. The van der Waals surface area contributed by atoms with Crippen molar-refractivity contribution in [2.75, 3.05) is 6.54 Å². The largest absolute Gasteiger partial charge is 0.481 e. The Labute approximate surface area is 257 Å². The quantitative estimate of drug-likeness (QED) is 0.0402. The van der Waals surface area contributed by atoms with E-state index in [1.807, 2.05) is 5.32 Å². The molecule has 1 unspecified atom stereocenters. The number of allylic oxidation sites excluding steroid dienone is 1. The second-order valence-corrected chi connectivity index (χ2v) is 10.7. The first kappa shape index (κ1) is 40.0. The van der Waals surface area contributed by atoms with Crippen molar-refractivity contribution in [3.05, 3.63) is 11.4 Å². The van der Waals surface area contributed by atoms with Crippen molar-refractivity contribution in [1.29, 1.82) is 0 Å². The molecule has 0 bridgehead atoms. The fourth-order valence-corrected chi connectivity index (χ4v) is 4.30. The van der Waals surface area contributed by atoms with Crippen LogP contribution in [0.25, 0.3) is 0 Å². The number of nitrogens with one attached hydrogen (secondary N) is 3. The van der Waals surface area contributed by atoms with Crippen molar-refractivity contribution >= 4 is 41.4 Å². The van der Waals surface area contributed by atoms with Gasteiger partial charge in [0, 0.05) is 18.5 Å². The molecule has 0 heterocycles. The van der Waals surface area contributed by atoms with Crippen LogP contribution < -0.4 is 27.4 Å². The van der Waals surface area contributed by atoms with Gasteiger partial charge in [-0.2, -0.15) is 0 Å². The Morgan fingerprint density at radius 1 is 0.705 bits per heavy atom. The highest BCUT2D eigenvalue weighted by Crippen LogP contribution is 2.17. The van der Waals surface area contributed by atoms with E-state index in [0.29, 0.717) is 6.42 Å². The third kappa shape index (κ3) is 17.2. The van der Waals surface area contributed by atoms with E-state index in [1.54, 1.807) is 0 Å². The van der Waals surface area contributed by atoms with Gasteiger partial charge >= 0.3 is 17.9 Å². The van der Waals surface area contributed by atoms with Gasteiger partial charge in [-0.15, -0.1) is 0 Å². The van der Waals surface area contributed by atoms with E-state index in [4.69, 9.17) is 11.5 Å². The first-order valence-electron chi connectivity index (χ1n) is 15.0. The summed E-state index contributed by atoms with van der Waals surface area (Å²) in [5.74, 6) is -9.07. The third-order valence-electron chi connectivity index (χ3n) is 6.95. The molecule has 15 nitrogen and oxygen atoms in total. The van der Waals surface area contributed by atoms with Crippen LogP contribution in [0.2, 0.25) is 0 Å². The normalized spacial score (nSPS) is 13.5. The summed E-state index contributed by atoms with van der Waals surface area (Å²) < 4.78 is 0. The van der Waals surface area contributed by atoms with Crippen molar-refractivity contribution in [3.8, 4) is 0 Å². The average molecular weight is 628 g/mol. The van der Waals surface area contributed by atoms with Gasteiger partial charge in [0.25, 0.3) is 0 Å². The van der Waals surface area contributed by atoms with E-state index in [1.165, 1.54) is 39.0 Å². The number of hydrogen-bond acceptors (Lipinski definition) is 9. The molecule has 0 saturated carbocycles. The summed E-state index contributed by atoms with van der Waals surface area (Å²) in [5, 5.41) is 35.0. The Balaban J connectivity index is 4.85. The molecule has 3 atom stereocenters. The SMILES string of the molecule is CCCCCCCCCCCC(=O)N[C@@H](C)C(=O)N[C@H](CCC(=O)C(CCC(N)=C(NC(=O)CN)C(=O)O)C(=O)O)C(=O)O. The van der Waals surface area contributed by atoms with Gasteiger partial charge in [-0.05, 0) is 32.6 Å². The molecule has 3 amide bonds. The maximum absolute atomic E-state index is 12.6. The standard InChI is InChI=1S/C29H49N5O10/c1-3-4-5-6-7-8-9-10-11-12-23(36)32-18(2)26(38)33-21(28(41)42)15-16-22(35)19(27(39)40)13-14-20(31)25(29(43)44)34-24(37)17-30/h18-19,21H,3-17,30-31H2,1-2H3,(H,32,36)(H,33,38)(H,34,37)(H,39,40)(H,41,42)(H,43,44)/t18-,19?,21+/m0/s1. The van der Waals surface area contributed by atoms with Crippen LogP contribution in [-0.2, 0) is 33.6 Å². The van der Waals surface area contributed by atoms with Gasteiger partial charge in [-0.3, -0.25) is 24.0 Å². The lowest BCUT2D eigenvalue weighted by atomic mass is 9.93. The van der Waals surface area contributed by atoms with Gasteiger partial charge in [0.05, 0.1) is 6.54 Å². The minimum atomic E-state index is -1.65. The summed E-state index contributed by atoms with van der Waals surface area (Å²) in [4.78, 5) is 83.6. The van der Waals surface area contributed by atoms with Crippen LogP contribution in [0, 0.1) is 5.92 Å². The zero-order valence-corrected chi connectivity index (χ0v) is 25.7. The van der Waals surface area contributed by atoms with Crippen molar-refractivity contribution in [2.24, 2.45) is 17.4 Å². The third-order valence-corrected chi connectivity index (χ3v) is 6.95. The average Bonchev–Trinajstić information content (AvgIpc) is 2.96. The van der Waals surface area contributed by atoms with Crippen LogP contribution in [0.5, 0.6) is 0 Å². The van der Waals surface area contributed by atoms with Gasteiger partial charge in [0.1, 0.15) is 29.5 Å². The Kier molecular flexibility index (Phi) is 20.5. The van der Waals surface area contributed by atoms with Crippen molar-refractivity contribution in [1.82, 2.24) is 16.0 Å². The number of carbonyl (C=O) groups is 7. The molecule has 10 N–H and O–H groups in total. The molecule has 44 heavy (non-hydrogen) atoms. The van der Waals surface area contributed by atoms with Crippen LogP contribution in [0.1, 0.15) is 104 Å². The molecule has 0 aromatic heterocycles. The fraction of sp³-hybridized carbons (Fsp3) is 0.690. The summed E-state index contributed by atoms with van der Waals surface area (Å²) in [5.41, 5.74) is 9.75. The van der Waals surface area contributed by atoms with E-state index in [-0.39, 0.29) is 24.4 Å². The maximum Gasteiger partial charge on any atom is 0.354 e. The molecule has 15 heteroatoms. The topological polar surface area (TPSA) is 268 Å². The summed E-state index contributed by atoms with van der Waals surface area (Å²) in [6.07, 6.45) is 8.22.